The Kier molecular flexibility index (Phi) is 6.20. The summed E-state index contributed by atoms with van der Waals surface area (Å²) in [5, 5.41) is 0. The molecule has 40 heavy (non-hydrogen) atoms. The highest BCUT2D eigenvalue weighted by Gasteiger charge is 2.67. The molecule has 4 nitrogen and oxygen atoms in total. The van der Waals surface area contributed by atoms with E-state index in [9.17, 15) is 0 Å². The van der Waals surface area contributed by atoms with Crippen molar-refractivity contribution in [1.29, 1.82) is 0 Å². The molecule has 1 aromatic heterocycles. The van der Waals surface area contributed by atoms with Crippen molar-refractivity contribution < 1.29 is 4.74 Å². The molecule has 0 N–H and O–H groups in total. The van der Waals surface area contributed by atoms with Gasteiger partial charge >= 0.3 is 0 Å². The van der Waals surface area contributed by atoms with Crippen LogP contribution in [-0.4, -0.2) is 36.3 Å². The van der Waals surface area contributed by atoms with Crippen LogP contribution in [-0.2, 0) is 16.6 Å². The average molecular weight is 546 g/mol. The van der Waals surface area contributed by atoms with E-state index in [1.165, 1.54) is 62.0 Å². The van der Waals surface area contributed by atoms with Gasteiger partial charge in [0, 0.05) is 24.1 Å². The predicted octanol–water partition coefficient (Wildman–Crippen LogP) is 7.92. The summed E-state index contributed by atoms with van der Waals surface area (Å²) in [5.41, 5.74) is 5.68. The molecule has 0 bridgehead atoms. The molecule has 5 aliphatic carbocycles. The topological polar surface area (TPSA) is 38.2 Å². The minimum Gasteiger partial charge on any atom is -0.378 e. The molecule has 0 unspecified atom stereocenters. The Morgan fingerprint density at radius 1 is 0.900 bits per heavy atom. The number of nitrogens with zero attached hydrogens (tertiary/aromatic N) is 3. The first-order valence-electron chi connectivity index (χ1n) is 16.8. The van der Waals surface area contributed by atoms with Crippen LogP contribution in [0.15, 0.2) is 11.6 Å². The van der Waals surface area contributed by atoms with Gasteiger partial charge in [-0.05, 0) is 104 Å². The number of anilines is 1. The van der Waals surface area contributed by atoms with E-state index < -0.39 is 0 Å². The smallest absolute Gasteiger partial charge is 0.135 e. The number of aromatic nitrogens is 2. The normalized spacial score (nSPS) is 45.8. The molecule has 4 fully saturated rings. The maximum Gasteiger partial charge on any atom is 0.135 e. The zero-order valence-corrected chi connectivity index (χ0v) is 26.8. The van der Waals surface area contributed by atoms with Crippen LogP contribution in [0.4, 0.5) is 5.82 Å². The summed E-state index contributed by atoms with van der Waals surface area (Å²) in [5.74, 6) is 6.94. The molecule has 6 aliphatic rings. The number of allylic oxidation sites excluding steroid dienone is 2. The highest BCUT2D eigenvalue weighted by Crippen LogP contribution is 2.74. The monoisotopic (exact) mass is 545 g/mol. The van der Waals surface area contributed by atoms with Gasteiger partial charge < -0.3 is 9.64 Å². The maximum absolute atomic E-state index is 5.75. The lowest BCUT2D eigenvalue weighted by Gasteiger charge is -2.70. The van der Waals surface area contributed by atoms with Gasteiger partial charge in [-0.25, -0.2) is 9.97 Å². The van der Waals surface area contributed by atoms with Crippen molar-refractivity contribution in [2.45, 2.75) is 112 Å². The Morgan fingerprint density at radius 2 is 1.65 bits per heavy atom. The first-order valence-corrected chi connectivity index (χ1v) is 16.8. The minimum absolute atomic E-state index is 0.0499. The molecular formula is C36H55N3O. The Morgan fingerprint density at radius 3 is 2.40 bits per heavy atom. The fourth-order valence-corrected chi connectivity index (χ4v) is 12.2. The third-order valence-corrected chi connectivity index (χ3v) is 14.6. The number of ether oxygens (including phenoxy) is 1. The van der Waals surface area contributed by atoms with Gasteiger partial charge in [-0.3, -0.25) is 0 Å². The first kappa shape index (κ1) is 27.4. The second-order valence-corrected chi connectivity index (χ2v) is 16.5. The van der Waals surface area contributed by atoms with E-state index >= 15 is 0 Å². The maximum atomic E-state index is 5.75. The summed E-state index contributed by atoms with van der Waals surface area (Å²) in [4.78, 5) is 12.9. The first-order chi connectivity index (χ1) is 18.9. The van der Waals surface area contributed by atoms with E-state index in [-0.39, 0.29) is 10.8 Å². The second kappa shape index (κ2) is 9.04. The summed E-state index contributed by atoms with van der Waals surface area (Å²) in [6.45, 7) is 23.9. The third-order valence-electron chi connectivity index (χ3n) is 14.6. The van der Waals surface area contributed by atoms with Crippen molar-refractivity contribution in [3.05, 3.63) is 28.7 Å². The quantitative estimate of drug-likeness (QED) is 0.336. The fourth-order valence-electron chi connectivity index (χ4n) is 12.2. The third kappa shape index (κ3) is 3.53. The highest BCUT2D eigenvalue weighted by atomic mass is 16.5. The largest absolute Gasteiger partial charge is 0.378 e. The van der Waals surface area contributed by atoms with Crippen molar-refractivity contribution in [3.63, 3.8) is 0 Å². The van der Waals surface area contributed by atoms with E-state index in [1.807, 2.05) is 5.57 Å². The molecule has 9 atom stereocenters. The molecule has 0 radical (unpaired) electrons. The van der Waals surface area contributed by atoms with Gasteiger partial charge in [-0.1, -0.05) is 66.5 Å². The van der Waals surface area contributed by atoms with Crippen LogP contribution in [0.2, 0.25) is 0 Å². The number of morpholine rings is 1. The van der Waals surface area contributed by atoms with Gasteiger partial charge in [-0.2, -0.15) is 0 Å². The number of hydrogen-bond donors (Lipinski definition) is 0. The summed E-state index contributed by atoms with van der Waals surface area (Å²) >= 11 is 0. The van der Waals surface area contributed by atoms with Crippen LogP contribution in [0.5, 0.6) is 0 Å². The molecule has 4 heteroatoms. The molecule has 1 aromatic rings. The van der Waals surface area contributed by atoms with Gasteiger partial charge in [0.15, 0.2) is 0 Å². The highest BCUT2D eigenvalue weighted by molar-refractivity contribution is 5.54. The molecule has 2 heterocycles. The molecule has 0 aromatic carbocycles. The molecule has 220 valence electrons. The van der Waals surface area contributed by atoms with Gasteiger partial charge in [0.25, 0.3) is 0 Å². The van der Waals surface area contributed by atoms with Crippen LogP contribution >= 0.6 is 0 Å². The van der Waals surface area contributed by atoms with Gasteiger partial charge in [-0.15, -0.1) is 0 Å². The summed E-state index contributed by atoms with van der Waals surface area (Å²) in [6.07, 6.45) is 13.7. The Labute approximate surface area is 244 Å². The minimum atomic E-state index is 0.0499. The van der Waals surface area contributed by atoms with Crippen LogP contribution < -0.4 is 4.90 Å². The van der Waals surface area contributed by atoms with Crippen molar-refractivity contribution in [2.24, 2.45) is 51.8 Å². The van der Waals surface area contributed by atoms with Crippen molar-refractivity contribution in [3.8, 4) is 0 Å². The standard InChI is InChI=1S/C36H55N3O/c1-22-9-10-25-13-15-35(7)27(30(25)23(22)2)11-12-29-34(6)21-26-31(33(4,5)28(34)14-16-36(29,35)8)37-24(3)38-32(26)39-17-19-40-20-18-39/h11,22-23,25,28-30H,9-10,12-21H2,1-8H3/t22-,23+,25+,28+,29-,30-,34+,35-,36-/m1/s1. The van der Waals surface area contributed by atoms with E-state index in [0.29, 0.717) is 22.7 Å². The van der Waals surface area contributed by atoms with Gasteiger partial charge in [0.05, 0.1) is 18.9 Å². The van der Waals surface area contributed by atoms with Crippen molar-refractivity contribution >= 4 is 5.82 Å². The van der Waals surface area contributed by atoms with E-state index in [0.717, 1.165) is 62.2 Å². The number of aryl methyl sites for hydroxylation is 1. The number of hydrogen-bond acceptors (Lipinski definition) is 4. The fraction of sp³-hybridized carbons (Fsp3) is 0.833. The van der Waals surface area contributed by atoms with Crippen LogP contribution in [0.3, 0.4) is 0 Å². The summed E-state index contributed by atoms with van der Waals surface area (Å²) in [7, 11) is 0. The number of rotatable bonds is 1. The zero-order valence-electron chi connectivity index (χ0n) is 26.8. The van der Waals surface area contributed by atoms with Gasteiger partial charge in [0.1, 0.15) is 11.6 Å². The molecule has 3 saturated carbocycles. The van der Waals surface area contributed by atoms with Crippen LogP contribution in [0.1, 0.15) is 110 Å². The van der Waals surface area contributed by atoms with Crippen LogP contribution in [0, 0.1) is 58.7 Å². The SMILES string of the molecule is Cc1nc(N2CCOCC2)c2c(n1)C(C)(C)[C@@H]1CC[C@]3(C)[C@H](CC=C4[C@H]5[C@@H](CC[C@@H](C)[C@@H]5C)CC[C@]43C)[C@@]1(C)C2. The predicted molar refractivity (Wildman–Crippen MR) is 164 cm³/mol. The summed E-state index contributed by atoms with van der Waals surface area (Å²) < 4.78 is 5.75. The van der Waals surface area contributed by atoms with E-state index in [4.69, 9.17) is 14.7 Å². The lowest BCUT2D eigenvalue weighted by molar-refractivity contribution is -0.153. The summed E-state index contributed by atoms with van der Waals surface area (Å²) in [6, 6.07) is 0. The lowest BCUT2D eigenvalue weighted by atomic mass is 9.34. The molecule has 0 amide bonds. The van der Waals surface area contributed by atoms with Crippen LogP contribution in [0.25, 0.3) is 0 Å². The number of fused-ring (bicyclic) bond motifs is 8. The lowest BCUT2D eigenvalue weighted by Crippen LogP contribution is -2.64. The molecular weight excluding hydrogens is 490 g/mol. The Hall–Kier alpha value is -1.42. The second-order valence-electron chi connectivity index (χ2n) is 16.5. The molecule has 0 spiro atoms. The van der Waals surface area contributed by atoms with E-state index in [2.05, 4.69) is 66.4 Å². The van der Waals surface area contributed by atoms with Gasteiger partial charge in [0.2, 0.25) is 0 Å². The Bertz CT molecular complexity index is 1210. The average Bonchev–Trinajstić information content (AvgIpc) is 2.91. The van der Waals surface area contributed by atoms with Crippen molar-refractivity contribution in [2.75, 3.05) is 31.2 Å². The zero-order chi connectivity index (χ0) is 28.2. The Balaban J connectivity index is 1.33. The molecule has 1 aliphatic heterocycles. The molecule has 7 rings (SSSR count). The van der Waals surface area contributed by atoms with Crippen molar-refractivity contribution in [1.82, 2.24) is 9.97 Å². The van der Waals surface area contributed by atoms with E-state index in [1.54, 1.807) is 0 Å². The molecule has 1 saturated heterocycles.